The van der Waals surface area contributed by atoms with Crippen LogP contribution in [0, 0.1) is 6.92 Å². The van der Waals surface area contributed by atoms with Crippen LogP contribution in [0.3, 0.4) is 0 Å². The quantitative estimate of drug-likeness (QED) is 0.716. The highest BCUT2D eigenvalue weighted by Crippen LogP contribution is 2.21. The van der Waals surface area contributed by atoms with E-state index in [0.717, 1.165) is 5.56 Å². The molecule has 2 rings (SSSR count). The van der Waals surface area contributed by atoms with E-state index in [-0.39, 0.29) is 5.91 Å². The summed E-state index contributed by atoms with van der Waals surface area (Å²) in [6, 6.07) is 4.91. The number of carbonyl (C=O) groups excluding carboxylic acids is 1. The van der Waals surface area contributed by atoms with Crippen LogP contribution in [-0.2, 0) is 0 Å². The molecule has 0 aliphatic heterocycles. The van der Waals surface area contributed by atoms with E-state index in [2.05, 4.69) is 15.5 Å². The zero-order chi connectivity index (χ0) is 13.1. The number of nitrogens with zero attached hydrogens (tertiary/aromatic N) is 1. The number of aromatic nitrogens is 2. The molecule has 2 aromatic rings. The third-order valence-corrected chi connectivity index (χ3v) is 2.57. The minimum Gasteiger partial charge on any atom is -0.497 e. The average Bonchev–Trinajstić information content (AvgIpc) is 2.74. The van der Waals surface area contributed by atoms with Crippen LogP contribution in [0.4, 0.5) is 11.5 Å². The van der Waals surface area contributed by atoms with Crippen molar-refractivity contribution in [1.82, 2.24) is 10.2 Å². The third kappa shape index (κ3) is 2.27. The molecule has 0 unspecified atom stereocenters. The fourth-order valence-corrected chi connectivity index (χ4v) is 1.53. The molecule has 0 bridgehead atoms. The Morgan fingerprint density at radius 2 is 2.28 bits per heavy atom. The number of benzene rings is 1. The van der Waals surface area contributed by atoms with E-state index in [1.54, 1.807) is 31.5 Å². The number of ether oxygens (including phenoxy) is 1. The van der Waals surface area contributed by atoms with Crippen molar-refractivity contribution >= 4 is 17.4 Å². The Labute approximate surface area is 104 Å². The first kappa shape index (κ1) is 12.0. The molecule has 18 heavy (non-hydrogen) atoms. The van der Waals surface area contributed by atoms with Crippen LogP contribution in [0.1, 0.15) is 15.9 Å². The maximum Gasteiger partial charge on any atom is 0.258 e. The number of rotatable bonds is 3. The van der Waals surface area contributed by atoms with E-state index in [0.29, 0.717) is 22.8 Å². The Morgan fingerprint density at radius 1 is 1.50 bits per heavy atom. The lowest BCUT2D eigenvalue weighted by Gasteiger charge is -2.08. The van der Waals surface area contributed by atoms with Gasteiger partial charge in [0.25, 0.3) is 5.91 Å². The highest BCUT2D eigenvalue weighted by molar-refractivity contribution is 6.07. The number of hydrogen-bond donors (Lipinski definition) is 3. The Bertz CT molecular complexity index is 577. The summed E-state index contributed by atoms with van der Waals surface area (Å²) >= 11 is 0. The van der Waals surface area contributed by atoms with Crippen LogP contribution < -0.4 is 15.8 Å². The summed E-state index contributed by atoms with van der Waals surface area (Å²) in [5, 5.41) is 9.23. The molecule has 4 N–H and O–H groups in total. The topological polar surface area (TPSA) is 93.0 Å². The largest absolute Gasteiger partial charge is 0.497 e. The van der Waals surface area contributed by atoms with Crippen LogP contribution in [0.25, 0.3) is 0 Å². The number of H-pyrrole nitrogens is 1. The van der Waals surface area contributed by atoms with Crippen LogP contribution in [0.15, 0.2) is 24.4 Å². The van der Waals surface area contributed by atoms with Crippen molar-refractivity contribution in [3.05, 3.63) is 35.5 Å². The van der Waals surface area contributed by atoms with Crippen molar-refractivity contribution in [1.29, 1.82) is 0 Å². The van der Waals surface area contributed by atoms with Gasteiger partial charge in [0.15, 0.2) is 0 Å². The van der Waals surface area contributed by atoms with Crippen LogP contribution in [0.5, 0.6) is 5.75 Å². The van der Waals surface area contributed by atoms with Crippen molar-refractivity contribution in [3.8, 4) is 5.75 Å². The molecule has 0 aliphatic carbocycles. The van der Waals surface area contributed by atoms with E-state index in [9.17, 15) is 4.79 Å². The van der Waals surface area contributed by atoms with E-state index in [1.807, 2.05) is 6.92 Å². The van der Waals surface area contributed by atoms with Crippen molar-refractivity contribution in [2.75, 3.05) is 18.2 Å². The smallest absolute Gasteiger partial charge is 0.258 e. The van der Waals surface area contributed by atoms with Gasteiger partial charge in [-0.2, -0.15) is 5.10 Å². The van der Waals surface area contributed by atoms with Gasteiger partial charge in [-0.05, 0) is 19.1 Å². The molecule has 0 saturated heterocycles. The second kappa shape index (κ2) is 4.79. The summed E-state index contributed by atoms with van der Waals surface area (Å²) in [6.45, 7) is 1.84. The molecular formula is C12H14N4O2. The van der Waals surface area contributed by atoms with Gasteiger partial charge in [-0.15, -0.1) is 0 Å². The molecule has 1 amide bonds. The number of nitrogens with two attached hydrogens (primary N) is 1. The van der Waals surface area contributed by atoms with E-state index in [4.69, 9.17) is 10.5 Å². The second-order valence-corrected chi connectivity index (χ2v) is 3.84. The van der Waals surface area contributed by atoms with Crippen LogP contribution in [0.2, 0.25) is 0 Å². The van der Waals surface area contributed by atoms with Gasteiger partial charge in [0.1, 0.15) is 11.6 Å². The summed E-state index contributed by atoms with van der Waals surface area (Å²) in [6.07, 6.45) is 1.63. The number of methoxy groups -OCH3 is 1. The van der Waals surface area contributed by atoms with Crippen molar-refractivity contribution < 1.29 is 9.53 Å². The number of amides is 1. The fraction of sp³-hybridized carbons (Fsp3) is 0.167. The van der Waals surface area contributed by atoms with Crippen molar-refractivity contribution in [2.24, 2.45) is 0 Å². The number of aromatic amines is 1. The van der Waals surface area contributed by atoms with Gasteiger partial charge in [-0.1, -0.05) is 0 Å². The molecule has 0 spiro atoms. The average molecular weight is 246 g/mol. The zero-order valence-corrected chi connectivity index (χ0v) is 10.2. The van der Waals surface area contributed by atoms with Crippen LogP contribution >= 0.6 is 0 Å². The van der Waals surface area contributed by atoms with Gasteiger partial charge in [0.2, 0.25) is 0 Å². The van der Waals surface area contributed by atoms with E-state index in [1.165, 1.54) is 0 Å². The number of nitrogen functional groups attached to an aromatic ring is 1. The van der Waals surface area contributed by atoms with Gasteiger partial charge in [-0.3, -0.25) is 9.89 Å². The Morgan fingerprint density at radius 3 is 2.83 bits per heavy atom. The highest BCUT2D eigenvalue weighted by Gasteiger charge is 2.12. The second-order valence-electron chi connectivity index (χ2n) is 3.84. The fourth-order valence-electron chi connectivity index (χ4n) is 1.53. The van der Waals surface area contributed by atoms with Gasteiger partial charge < -0.3 is 15.8 Å². The maximum absolute atomic E-state index is 12.0. The summed E-state index contributed by atoms with van der Waals surface area (Å²) in [4.78, 5) is 12.0. The predicted octanol–water partition coefficient (Wildman–Crippen LogP) is 1.56. The molecular weight excluding hydrogens is 232 g/mol. The highest BCUT2D eigenvalue weighted by atomic mass is 16.5. The predicted molar refractivity (Wildman–Crippen MR) is 68.7 cm³/mol. The zero-order valence-electron chi connectivity index (χ0n) is 10.2. The lowest BCUT2D eigenvalue weighted by Crippen LogP contribution is -2.15. The number of hydrogen-bond acceptors (Lipinski definition) is 4. The molecule has 1 aromatic heterocycles. The number of carbonyl (C=O) groups is 1. The van der Waals surface area contributed by atoms with Gasteiger partial charge in [0, 0.05) is 17.3 Å². The first-order chi connectivity index (χ1) is 8.61. The SMILES string of the molecule is COc1ccc(C(=O)Nc2[nH]ncc2C)c(N)c1. The Balaban J connectivity index is 2.22. The van der Waals surface area contributed by atoms with Gasteiger partial charge in [-0.25, -0.2) is 0 Å². The molecule has 1 heterocycles. The molecule has 0 atom stereocenters. The minimum absolute atomic E-state index is 0.289. The number of nitrogens with one attached hydrogen (secondary N) is 2. The first-order valence-electron chi connectivity index (χ1n) is 5.36. The van der Waals surface area contributed by atoms with E-state index >= 15 is 0 Å². The minimum atomic E-state index is -0.289. The normalized spacial score (nSPS) is 10.1. The molecule has 94 valence electrons. The van der Waals surface area contributed by atoms with Gasteiger partial charge in [0.05, 0.1) is 18.9 Å². The van der Waals surface area contributed by atoms with E-state index < -0.39 is 0 Å². The maximum atomic E-state index is 12.0. The lowest BCUT2D eigenvalue weighted by molar-refractivity contribution is 0.102. The molecule has 0 radical (unpaired) electrons. The van der Waals surface area contributed by atoms with Crippen molar-refractivity contribution in [3.63, 3.8) is 0 Å². The molecule has 1 aromatic carbocycles. The summed E-state index contributed by atoms with van der Waals surface area (Å²) in [5.74, 6) is 0.888. The monoisotopic (exact) mass is 246 g/mol. The number of aryl methyl sites for hydroxylation is 1. The Hall–Kier alpha value is -2.50. The lowest BCUT2D eigenvalue weighted by atomic mass is 10.1. The van der Waals surface area contributed by atoms with Gasteiger partial charge >= 0.3 is 0 Å². The summed E-state index contributed by atoms with van der Waals surface area (Å²) < 4.78 is 5.03. The molecule has 6 heteroatoms. The Kier molecular flexibility index (Phi) is 3.18. The number of anilines is 2. The van der Waals surface area contributed by atoms with Crippen LogP contribution in [-0.4, -0.2) is 23.2 Å². The first-order valence-corrected chi connectivity index (χ1v) is 5.36. The molecule has 6 nitrogen and oxygen atoms in total. The molecule has 0 saturated carbocycles. The van der Waals surface area contributed by atoms with Crippen molar-refractivity contribution in [2.45, 2.75) is 6.92 Å². The molecule has 0 aliphatic rings. The standard InChI is InChI=1S/C12H14N4O2/c1-7-6-14-16-11(7)15-12(17)9-4-3-8(18-2)5-10(9)13/h3-6H,13H2,1-2H3,(H2,14,15,16,17). The summed E-state index contributed by atoms with van der Waals surface area (Å²) in [5.41, 5.74) is 7.41. The summed E-state index contributed by atoms with van der Waals surface area (Å²) in [7, 11) is 1.54. The third-order valence-electron chi connectivity index (χ3n) is 2.57. The molecule has 0 fully saturated rings.